The number of aryl methyl sites for hydroxylation is 2. The van der Waals surface area contributed by atoms with Crippen LogP contribution >= 0.6 is 0 Å². The summed E-state index contributed by atoms with van der Waals surface area (Å²) in [5.74, 6) is 1.18. The van der Waals surface area contributed by atoms with Crippen molar-refractivity contribution in [2.24, 2.45) is 4.99 Å². The third-order valence-electron chi connectivity index (χ3n) is 5.29. The van der Waals surface area contributed by atoms with E-state index in [0.29, 0.717) is 28.2 Å². The van der Waals surface area contributed by atoms with Crippen LogP contribution in [0.3, 0.4) is 0 Å². The largest absolute Gasteiger partial charge is 0.359 e. The number of rotatable bonds is 6. The van der Waals surface area contributed by atoms with Crippen LogP contribution in [0.5, 0.6) is 0 Å². The van der Waals surface area contributed by atoms with Gasteiger partial charge in [-0.2, -0.15) is 0 Å². The zero-order valence-electron chi connectivity index (χ0n) is 18.5. The number of benzene rings is 2. The zero-order valence-corrected chi connectivity index (χ0v) is 18.5. The van der Waals surface area contributed by atoms with E-state index in [4.69, 9.17) is 4.98 Å². The summed E-state index contributed by atoms with van der Waals surface area (Å²) in [6.45, 7) is 5.88. The molecule has 0 spiro atoms. The molecule has 2 aromatic carbocycles. The highest BCUT2D eigenvalue weighted by Crippen LogP contribution is 2.26. The smallest absolute Gasteiger partial charge is 0.266 e. The molecule has 0 aliphatic carbocycles. The third kappa shape index (κ3) is 3.94. The number of nitrogens with one attached hydrogen (secondary N) is 2. The van der Waals surface area contributed by atoms with Crippen molar-refractivity contribution in [3.05, 3.63) is 82.3 Å². The summed E-state index contributed by atoms with van der Waals surface area (Å²) in [7, 11) is 1.67. The van der Waals surface area contributed by atoms with E-state index in [1.165, 1.54) is 6.33 Å². The maximum Gasteiger partial charge on any atom is 0.266 e. The lowest BCUT2D eigenvalue weighted by Crippen LogP contribution is -2.28. The van der Waals surface area contributed by atoms with Crippen molar-refractivity contribution in [1.29, 1.82) is 0 Å². The average molecular weight is 428 g/mol. The summed E-state index contributed by atoms with van der Waals surface area (Å²) in [6, 6.07) is 13.2. The first-order valence-corrected chi connectivity index (χ1v) is 10.3. The molecule has 0 saturated carbocycles. The number of hydrogen-bond donors (Lipinski definition) is 2. The van der Waals surface area contributed by atoms with Crippen LogP contribution in [0.25, 0.3) is 16.6 Å². The molecule has 2 aromatic heterocycles. The maximum atomic E-state index is 13.7. The second kappa shape index (κ2) is 8.97. The fourth-order valence-corrected chi connectivity index (χ4v) is 3.70. The molecular weight excluding hydrogens is 402 g/mol. The van der Waals surface area contributed by atoms with E-state index in [1.807, 2.05) is 63.2 Å². The number of anilines is 2. The standard InChI is InChI=1S/C24H25N7O/c1-15-8-5-6-11-20(15)31-23(30-18-10-7-9-16(2)21(18)24(31)32)17(3)29-22-19(27-13-25-4)12-26-14-28-22/h5-14,17H,1-4H3,(H,25,27)(H,26,28,29). The van der Waals surface area contributed by atoms with Gasteiger partial charge in [0.05, 0.1) is 35.2 Å². The van der Waals surface area contributed by atoms with Gasteiger partial charge in [-0.1, -0.05) is 30.3 Å². The summed E-state index contributed by atoms with van der Waals surface area (Å²) < 4.78 is 1.70. The van der Waals surface area contributed by atoms with Crippen molar-refractivity contribution >= 4 is 28.7 Å². The number of hydrogen-bond acceptors (Lipinski definition) is 6. The molecule has 0 aliphatic rings. The van der Waals surface area contributed by atoms with Crippen molar-refractivity contribution < 1.29 is 0 Å². The van der Waals surface area contributed by atoms with Crippen LogP contribution in [0.15, 0.2) is 64.8 Å². The molecule has 2 heterocycles. The van der Waals surface area contributed by atoms with Crippen molar-refractivity contribution in [2.75, 3.05) is 17.7 Å². The Balaban J connectivity index is 1.90. The summed E-state index contributed by atoms with van der Waals surface area (Å²) >= 11 is 0. The van der Waals surface area contributed by atoms with Gasteiger partial charge in [-0.15, -0.1) is 0 Å². The first kappa shape index (κ1) is 21.2. The summed E-state index contributed by atoms with van der Waals surface area (Å²) in [6.07, 6.45) is 4.69. The Hall–Kier alpha value is -4.07. The molecule has 2 N–H and O–H groups in total. The van der Waals surface area contributed by atoms with E-state index >= 15 is 0 Å². The quantitative estimate of drug-likeness (QED) is 0.356. The van der Waals surface area contributed by atoms with Crippen molar-refractivity contribution in [1.82, 2.24) is 19.5 Å². The van der Waals surface area contributed by atoms with Gasteiger partial charge >= 0.3 is 0 Å². The molecule has 1 unspecified atom stereocenters. The van der Waals surface area contributed by atoms with E-state index < -0.39 is 0 Å². The molecule has 8 heteroatoms. The third-order valence-corrected chi connectivity index (χ3v) is 5.29. The topological polar surface area (TPSA) is 97.1 Å². The molecule has 0 saturated heterocycles. The molecule has 0 radical (unpaired) electrons. The van der Waals surface area contributed by atoms with Crippen LogP contribution in [0, 0.1) is 13.8 Å². The van der Waals surface area contributed by atoms with E-state index in [1.54, 1.807) is 24.2 Å². The second-order valence-corrected chi connectivity index (χ2v) is 7.55. The Bertz CT molecular complexity index is 1360. The Morgan fingerprint density at radius 3 is 2.66 bits per heavy atom. The highest BCUT2D eigenvalue weighted by Gasteiger charge is 2.21. The van der Waals surface area contributed by atoms with Gasteiger partial charge in [0.25, 0.3) is 5.56 Å². The van der Waals surface area contributed by atoms with Crippen LogP contribution in [-0.2, 0) is 0 Å². The van der Waals surface area contributed by atoms with Gasteiger partial charge in [0, 0.05) is 7.05 Å². The number of para-hydroxylation sites is 1. The van der Waals surface area contributed by atoms with Crippen LogP contribution in [0.2, 0.25) is 0 Å². The number of fused-ring (bicyclic) bond motifs is 1. The molecule has 0 fully saturated rings. The lowest BCUT2D eigenvalue weighted by Gasteiger charge is -2.22. The Morgan fingerprint density at radius 2 is 1.88 bits per heavy atom. The minimum atomic E-state index is -0.332. The molecule has 1 atom stereocenters. The molecule has 8 nitrogen and oxygen atoms in total. The summed E-state index contributed by atoms with van der Waals surface area (Å²) in [5.41, 5.74) is 3.94. The minimum Gasteiger partial charge on any atom is -0.359 e. The van der Waals surface area contributed by atoms with Crippen LogP contribution < -0.4 is 16.2 Å². The first-order chi connectivity index (χ1) is 15.5. The lowest BCUT2D eigenvalue weighted by molar-refractivity contribution is 0.729. The summed E-state index contributed by atoms with van der Waals surface area (Å²) in [5, 5.41) is 7.05. The summed E-state index contributed by atoms with van der Waals surface area (Å²) in [4.78, 5) is 31.0. The molecule has 162 valence electrons. The SMILES string of the molecule is CN=CNc1cncnc1NC(C)c1nc2cccc(C)c2c(=O)n1-c1ccccc1C. The Kier molecular flexibility index (Phi) is 5.93. The monoisotopic (exact) mass is 427 g/mol. The van der Waals surface area contributed by atoms with Gasteiger partial charge in [0.1, 0.15) is 17.8 Å². The normalized spacial score (nSPS) is 12.2. The van der Waals surface area contributed by atoms with Gasteiger partial charge in [0.2, 0.25) is 0 Å². The predicted molar refractivity (Wildman–Crippen MR) is 129 cm³/mol. The van der Waals surface area contributed by atoms with E-state index in [9.17, 15) is 4.79 Å². The molecule has 0 amide bonds. The van der Waals surface area contributed by atoms with E-state index in [-0.39, 0.29) is 11.6 Å². The highest BCUT2D eigenvalue weighted by molar-refractivity contribution is 5.82. The van der Waals surface area contributed by atoms with Crippen molar-refractivity contribution in [2.45, 2.75) is 26.8 Å². The molecular formula is C24H25N7O. The fraction of sp³-hybridized carbons (Fsp3) is 0.208. The molecule has 0 bridgehead atoms. The second-order valence-electron chi connectivity index (χ2n) is 7.55. The minimum absolute atomic E-state index is 0.0924. The average Bonchev–Trinajstić information content (AvgIpc) is 2.79. The van der Waals surface area contributed by atoms with Gasteiger partial charge in [-0.05, 0) is 44.0 Å². The van der Waals surface area contributed by atoms with Crippen LogP contribution in [-0.4, -0.2) is 32.9 Å². The maximum absolute atomic E-state index is 13.7. The van der Waals surface area contributed by atoms with Gasteiger partial charge in [0.15, 0.2) is 5.82 Å². The van der Waals surface area contributed by atoms with Crippen LogP contribution in [0.4, 0.5) is 11.5 Å². The molecule has 4 aromatic rings. The zero-order chi connectivity index (χ0) is 22.7. The van der Waals surface area contributed by atoms with E-state index in [2.05, 4.69) is 25.6 Å². The highest BCUT2D eigenvalue weighted by atomic mass is 16.1. The molecule has 4 rings (SSSR count). The Morgan fingerprint density at radius 1 is 1.09 bits per heavy atom. The molecule has 0 aliphatic heterocycles. The van der Waals surface area contributed by atoms with Gasteiger partial charge in [-0.25, -0.2) is 15.0 Å². The number of aliphatic imine (C=N–C) groups is 1. The number of aromatic nitrogens is 4. The number of nitrogens with zero attached hydrogens (tertiary/aromatic N) is 5. The van der Waals surface area contributed by atoms with Crippen molar-refractivity contribution in [3.8, 4) is 5.69 Å². The van der Waals surface area contributed by atoms with Gasteiger partial charge in [-0.3, -0.25) is 14.4 Å². The predicted octanol–water partition coefficient (Wildman–Crippen LogP) is 4.04. The van der Waals surface area contributed by atoms with Gasteiger partial charge < -0.3 is 10.6 Å². The van der Waals surface area contributed by atoms with Crippen LogP contribution in [0.1, 0.15) is 29.9 Å². The Labute approximate surface area is 186 Å². The van der Waals surface area contributed by atoms with Crippen molar-refractivity contribution in [3.63, 3.8) is 0 Å². The molecule has 32 heavy (non-hydrogen) atoms. The first-order valence-electron chi connectivity index (χ1n) is 10.3. The fourth-order valence-electron chi connectivity index (χ4n) is 3.70. The lowest BCUT2D eigenvalue weighted by atomic mass is 10.1. The van der Waals surface area contributed by atoms with E-state index in [0.717, 1.165) is 16.8 Å².